The maximum absolute atomic E-state index is 13.3. The third kappa shape index (κ3) is 10.1. The van der Waals surface area contributed by atoms with E-state index in [0.29, 0.717) is 44.5 Å². The van der Waals surface area contributed by atoms with Crippen LogP contribution in [0.2, 0.25) is 0 Å². The lowest BCUT2D eigenvalue weighted by Gasteiger charge is -2.60. The molecular weight excluding hydrogens is 892 g/mol. The Balaban J connectivity index is 0.769. The minimum Gasteiger partial charge on any atom is -0.494 e. The minimum absolute atomic E-state index is 0.0189. The molecule has 1 aromatic heterocycles. The van der Waals surface area contributed by atoms with E-state index in [9.17, 15) is 38.7 Å². The van der Waals surface area contributed by atoms with Gasteiger partial charge in [0.15, 0.2) is 11.4 Å². The number of amides is 1. The van der Waals surface area contributed by atoms with E-state index in [2.05, 4.69) is 35.6 Å². The van der Waals surface area contributed by atoms with Crippen LogP contribution in [0.15, 0.2) is 48.2 Å². The van der Waals surface area contributed by atoms with Gasteiger partial charge in [0.05, 0.1) is 55.3 Å². The van der Waals surface area contributed by atoms with Crippen LogP contribution in [0.4, 0.5) is 0 Å². The first-order chi connectivity index (χ1) is 31.6. The molecule has 1 aromatic carbocycles. The standard InChI is InChI=1S/C47H67N3O14P2/c1-45-26-32-28-49-50(39(32)23-33(45)17-18-37-38-25-42-47(41(53)29-51,62-31-61-42)46(38,2)27-40(52)44(37)45)34-13-12-16-36(24-34)59-20-10-6-7-11-22-65(55,56)64-66(57,58)63-21-19-48-43(54)30-60-35-14-8-4-3-5-9-15-35/h8,12-14,16,23-24,28,35,37-38,40,42,44,51-52H,3-7,9-11,15,17-22,25-27,29-31H2,1-2H3,(H,48,54)(H,55,56)(H,57,58)/b14-8-/t35?,37-,38-,40-,42+,44+,45-,46-,47+/m0/s1. The summed E-state index contributed by atoms with van der Waals surface area (Å²) in [5, 5.41) is 29.4. The van der Waals surface area contributed by atoms with E-state index >= 15 is 0 Å². The molecule has 1 saturated heterocycles. The lowest BCUT2D eigenvalue weighted by atomic mass is 9.45. The van der Waals surface area contributed by atoms with Crippen LogP contribution in [0.5, 0.6) is 5.75 Å². The molecule has 364 valence electrons. The average molecular weight is 960 g/mol. The number of carbonyl (C=O) groups excluding carboxylic acids is 2. The summed E-state index contributed by atoms with van der Waals surface area (Å²) < 4.78 is 60.2. The first-order valence-corrected chi connectivity index (χ1v) is 27.0. The van der Waals surface area contributed by atoms with Crippen molar-refractivity contribution in [2.75, 3.05) is 45.9 Å². The minimum atomic E-state index is -4.85. The first-order valence-electron chi connectivity index (χ1n) is 23.7. The molecular formula is C47H67N3O14P2. The number of aliphatic hydroxyl groups is 2. The van der Waals surface area contributed by atoms with Crippen molar-refractivity contribution in [3.8, 4) is 11.4 Å². The van der Waals surface area contributed by atoms with Crippen molar-refractivity contribution in [1.82, 2.24) is 15.1 Å². The third-order valence-electron chi connectivity index (χ3n) is 15.4. The molecule has 17 nitrogen and oxygen atoms in total. The van der Waals surface area contributed by atoms with Crippen molar-refractivity contribution in [3.63, 3.8) is 0 Å². The molecule has 4 fully saturated rings. The van der Waals surface area contributed by atoms with Gasteiger partial charge >= 0.3 is 15.4 Å². The number of nitrogens with one attached hydrogen (secondary N) is 1. The summed E-state index contributed by atoms with van der Waals surface area (Å²) in [6.45, 7) is 3.49. The summed E-state index contributed by atoms with van der Waals surface area (Å²) in [5.41, 5.74) is 2.06. The third-order valence-corrected chi connectivity index (χ3v) is 18.6. The van der Waals surface area contributed by atoms with Crippen molar-refractivity contribution < 1.29 is 66.5 Å². The molecule has 0 bridgehead atoms. The number of phosphoric acid groups is 1. The van der Waals surface area contributed by atoms with Crippen molar-refractivity contribution in [1.29, 1.82) is 0 Å². The number of aromatic nitrogens is 2. The Morgan fingerprint density at radius 3 is 2.73 bits per heavy atom. The highest BCUT2D eigenvalue weighted by Crippen LogP contribution is 2.69. The molecule has 0 radical (unpaired) electrons. The smallest absolute Gasteiger partial charge is 0.479 e. The number of rotatable bonds is 20. The maximum Gasteiger partial charge on any atom is 0.479 e. The Hall–Kier alpha value is -3.05. The van der Waals surface area contributed by atoms with Crippen LogP contribution in [0.25, 0.3) is 11.8 Å². The van der Waals surface area contributed by atoms with E-state index in [0.717, 1.165) is 68.3 Å². The highest BCUT2D eigenvalue weighted by molar-refractivity contribution is 7.64. The lowest BCUT2D eigenvalue weighted by Crippen LogP contribution is -2.63. The second-order valence-electron chi connectivity index (χ2n) is 19.5. The molecule has 8 rings (SSSR count). The summed E-state index contributed by atoms with van der Waals surface area (Å²) in [5.74, 6) is 0.159. The number of hydrogen-bond acceptors (Lipinski definition) is 13. The molecule has 19 heteroatoms. The molecule has 1 aliphatic heterocycles. The number of unbranched alkanes of at least 4 members (excludes halogenated alkanes) is 3. The van der Waals surface area contributed by atoms with E-state index in [-0.39, 0.29) is 67.6 Å². The number of fused-ring (bicyclic) bond motifs is 8. The fraction of sp³-hybridized carbons (Fsp3) is 0.681. The number of hydrogen-bond donors (Lipinski definition) is 5. The fourth-order valence-electron chi connectivity index (χ4n) is 12.5. The Bertz CT molecular complexity index is 2230. The van der Waals surface area contributed by atoms with E-state index in [1.165, 1.54) is 5.57 Å². The molecule has 11 atom stereocenters. The number of ketones is 1. The van der Waals surface area contributed by atoms with Gasteiger partial charge in [-0.05, 0) is 111 Å². The zero-order valence-corrected chi connectivity index (χ0v) is 39.9. The summed E-state index contributed by atoms with van der Waals surface area (Å²) in [7, 11) is -9.27. The Kier molecular flexibility index (Phi) is 15.3. The number of Topliss-reactive ketones (excluding diaryl/α,β-unsaturated/α-hetero) is 1. The van der Waals surface area contributed by atoms with Crippen molar-refractivity contribution in [3.05, 3.63) is 59.4 Å². The number of carbonyl (C=O) groups is 2. The number of benzene rings is 1. The molecule has 0 spiro atoms. The van der Waals surface area contributed by atoms with E-state index in [4.69, 9.17) is 28.6 Å². The van der Waals surface area contributed by atoms with Gasteiger partial charge in [-0.15, -0.1) is 0 Å². The van der Waals surface area contributed by atoms with Gasteiger partial charge in [-0.2, -0.15) is 5.10 Å². The molecule has 5 N–H and O–H groups in total. The van der Waals surface area contributed by atoms with Gasteiger partial charge in [-0.3, -0.25) is 18.7 Å². The lowest BCUT2D eigenvalue weighted by molar-refractivity contribution is -0.188. The van der Waals surface area contributed by atoms with Crippen molar-refractivity contribution >= 4 is 33.2 Å². The molecule has 66 heavy (non-hydrogen) atoms. The molecule has 1 amide bonds. The van der Waals surface area contributed by atoms with Gasteiger partial charge in [0.25, 0.3) is 0 Å². The van der Waals surface area contributed by atoms with Crippen LogP contribution in [0, 0.1) is 28.6 Å². The number of allylic oxidation sites excluding steroid dienone is 2. The zero-order chi connectivity index (χ0) is 46.7. The van der Waals surface area contributed by atoms with Gasteiger partial charge in [-0.1, -0.05) is 63.3 Å². The van der Waals surface area contributed by atoms with E-state index in [1.54, 1.807) is 0 Å². The fourth-order valence-corrected chi connectivity index (χ4v) is 15.2. The average Bonchev–Trinajstić information content (AvgIpc) is 3.94. The van der Waals surface area contributed by atoms with Crippen LogP contribution in [-0.2, 0) is 48.2 Å². The number of phosphoric ester groups is 1. The predicted molar refractivity (Wildman–Crippen MR) is 243 cm³/mol. The Labute approximate surface area is 386 Å². The monoisotopic (exact) mass is 959 g/mol. The molecule has 3 saturated carbocycles. The summed E-state index contributed by atoms with van der Waals surface area (Å²) in [6, 6.07) is 7.73. The molecule has 5 aliphatic carbocycles. The first kappa shape index (κ1) is 49.4. The second kappa shape index (κ2) is 20.5. The van der Waals surface area contributed by atoms with E-state index in [1.807, 2.05) is 41.2 Å². The second-order valence-corrected chi connectivity index (χ2v) is 23.1. The van der Waals surface area contributed by atoms with Gasteiger partial charge < -0.3 is 44.3 Å². The summed E-state index contributed by atoms with van der Waals surface area (Å²) in [4.78, 5) is 45.7. The van der Waals surface area contributed by atoms with Crippen LogP contribution in [0.3, 0.4) is 0 Å². The van der Waals surface area contributed by atoms with Gasteiger partial charge in [0, 0.05) is 18.0 Å². The summed E-state index contributed by atoms with van der Waals surface area (Å²) in [6.07, 6.45) is 17.5. The quantitative estimate of drug-likeness (QED) is 0.0535. The molecule has 3 unspecified atom stereocenters. The Morgan fingerprint density at radius 1 is 1.06 bits per heavy atom. The van der Waals surface area contributed by atoms with Crippen LogP contribution in [0.1, 0.15) is 109 Å². The molecule has 2 heterocycles. The normalized spacial score (nSPS) is 33.6. The number of nitrogens with zero attached hydrogens (tertiary/aromatic N) is 2. The highest BCUT2D eigenvalue weighted by Gasteiger charge is 2.74. The van der Waals surface area contributed by atoms with Crippen LogP contribution < -0.4 is 10.1 Å². The Morgan fingerprint density at radius 2 is 1.89 bits per heavy atom. The SMILES string of the molecule is C[C@]12Cc3cnn(-c4cccc(OCCCCCCP(=O)(O)OP(=O)(O)OCCNC(=O)COC5/C=C\CCCCC5)c4)c3C=C1CC[C@@H]1[C@@H]2[C@@H](O)C[C@@]2(C)[C@H]1C[C@H]1OCO[C@]12C(=O)CO. The zero-order valence-electron chi connectivity index (χ0n) is 38.1. The highest BCUT2D eigenvalue weighted by atomic mass is 31.3. The largest absolute Gasteiger partial charge is 0.494 e. The van der Waals surface area contributed by atoms with Crippen molar-refractivity contribution in [2.24, 2.45) is 28.6 Å². The van der Waals surface area contributed by atoms with Gasteiger partial charge in [0.2, 0.25) is 5.91 Å². The summed E-state index contributed by atoms with van der Waals surface area (Å²) >= 11 is 0. The topological polar surface area (TPSA) is 234 Å². The van der Waals surface area contributed by atoms with Crippen molar-refractivity contribution in [2.45, 2.75) is 128 Å². The molecule has 2 aromatic rings. The predicted octanol–water partition coefficient (Wildman–Crippen LogP) is 6.59. The van der Waals surface area contributed by atoms with Gasteiger partial charge in [-0.25, -0.2) is 13.6 Å². The van der Waals surface area contributed by atoms with Crippen LogP contribution in [-0.4, -0.2) is 111 Å². The number of ether oxygens (including phenoxy) is 4. The maximum atomic E-state index is 13.3. The van der Waals surface area contributed by atoms with E-state index < -0.39 is 57.8 Å². The molecule has 6 aliphatic rings. The number of aliphatic hydroxyl groups excluding tert-OH is 2. The van der Waals surface area contributed by atoms with Crippen LogP contribution >= 0.6 is 15.4 Å². The van der Waals surface area contributed by atoms with Gasteiger partial charge in [0.1, 0.15) is 25.8 Å².